The predicted octanol–water partition coefficient (Wildman–Crippen LogP) is 3.22. The first-order valence-electron chi connectivity index (χ1n) is 8.52. The fourth-order valence-corrected chi connectivity index (χ4v) is 3.01. The number of rotatable bonds is 6. The molecule has 1 aromatic heterocycles. The molecule has 5 heteroatoms. The van der Waals surface area contributed by atoms with E-state index in [0.29, 0.717) is 11.8 Å². The van der Waals surface area contributed by atoms with Crippen LogP contribution in [0.15, 0.2) is 30.3 Å². The summed E-state index contributed by atoms with van der Waals surface area (Å²) in [6, 6.07) is 10.1. The molecule has 1 aliphatic heterocycles. The normalized spacial score (nSPS) is 19.2. The van der Waals surface area contributed by atoms with Gasteiger partial charge in [0, 0.05) is 18.4 Å². The number of piperidine rings is 1. The van der Waals surface area contributed by atoms with Crippen molar-refractivity contribution in [2.75, 3.05) is 19.7 Å². The van der Waals surface area contributed by atoms with Crippen molar-refractivity contribution in [2.45, 2.75) is 39.2 Å². The molecule has 1 atom stereocenters. The summed E-state index contributed by atoms with van der Waals surface area (Å²) >= 11 is 0. The maximum absolute atomic E-state index is 5.92. The summed E-state index contributed by atoms with van der Waals surface area (Å²) in [5.41, 5.74) is 0. The van der Waals surface area contributed by atoms with Gasteiger partial charge in [0.25, 0.3) is 0 Å². The number of benzene rings is 1. The molecule has 0 spiro atoms. The Hall–Kier alpha value is -1.88. The van der Waals surface area contributed by atoms with Gasteiger partial charge in [-0.05, 0) is 31.5 Å². The van der Waals surface area contributed by atoms with Crippen LogP contribution in [-0.4, -0.2) is 39.8 Å². The first-order chi connectivity index (χ1) is 11.2. The molecule has 1 aliphatic rings. The van der Waals surface area contributed by atoms with Gasteiger partial charge in [-0.25, -0.2) is 4.98 Å². The number of nitrogens with one attached hydrogen (secondary N) is 1. The highest BCUT2D eigenvalue weighted by Gasteiger charge is 2.21. The van der Waals surface area contributed by atoms with Crippen LogP contribution >= 0.6 is 0 Å². The van der Waals surface area contributed by atoms with Gasteiger partial charge in [0.1, 0.15) is 11.6 Å². The summed E-state index contributed by atoms with van der Waals surface area (Å²) in [5, 5.41) is 7.36. The molecule has 3 rings (SSSR count). The minimum atomic E-state index is 0.369. The maximum Gasteiger partial charge on any atom is 0.153 e. The van der Waals surface area contributed by atoms with Gasteiger partial charge in [-0.3, -0.25) is 10.00 Å². The zero-order chi connectivity index (χ0) is 16.1. The van der Waals surface area contributed by atoms with Crippen molar-refractivity contribution in [2.24, 2.45) is 5.92 Å². The van der Waals surface area contributed by atoms with Crippen LogP contribution in [0.5, 0.6) is 5.75 Å². The predicted molar refractivity (Wildman–Crippen MR) is 90.4 cm³/mol. The van der Waals surface area contributed by atoms with Crippen molar-refractivity contribution in [1.29, 1.82) is 0 Å². The van der Waals surface area contributed by atoms with Gasteiger partial charge in [0.2, 0.25) is 0 Å². The van der Waals surface area contributed by atoms with Gasteiger partial charge in [0.15, 0.2) is 5.82 Å². The molecule has 0 amide bonds. The van der Waals surface area contributed by atoms with Crippen molar-refractivity contribution in [1.82, 2.24) is 20.1 Å². The van der Waals surface area contributed by atoms with Crippen molar-refractivity contribution in [3.63, 3.8) is 0 Å². The van der Waals surface area contributed by atoms with Gasteiger partial charge < -0.3 is 4.74 Å². The van der Waals surface area contributed by atoms with Crippen LogP contribution in [0.3, 0.4) is 0 Å². The topological polar surface area (TPSA) is 54.0 Å². The number of aromatic nitrogens is 3. The van der Waals surface area contributed by atoms with Crippen LogP contribution < -0.4 is 4.74 Å². The number of ether oxygens (including phenoxy) is 1. The Bertz CT molecular complexity index is 596. The second-order valence-electron chi connectivity index (χ2n) is 6.66. The van der Waals surface area contributed by atoms with E-state index in [2.05, 4.69) is 33.9 Å². The Labute approximate surface area is 138 Å². The Morgan fingerprint density at radius 3 is 2.87 bits per heavy atom. The van der Waals surface area contributed by atoms with E-state index >= 15 is 0 Å². The molecule has 0 aliphatic carbocycles. The van der Waals surface area contributed by atoms with Gasteiger partial charge in [-0.15, -0.1) is 0 Å². The zero-order valence-electron chi connectivity index (χ0n) is 14.0. The molecule has 0 saturated carbocycles. The van der Waals surface area contributed by atoms with Crippen molar-refractivity contribution in [3.05, 3.63) is 42.0 Å². The van der Waals surface area contributed by atoms with E-state index in [1.165, 1.54) is 12.8 Å². The maximum atomic E-state index is 5.92. The molecule has 1 N–H and O–H groups in total. The van der Waals surface area contributed by atoms with E-state index in [0.717, 1.165) is 43.6 Å². The molecule has 124 valence electrons. The van der Waals surface area contributed by atoms with E-state index in [-0.39, 0.29) is 0 Å². The summed E-state index contributed by atoms with van der Waals surface area (Å²) in [6.07, 6.45) is 2.45. The number of H-pyrrole nitrogens is 1. The van der Waals surface area contributed by atoms with Crippen LogP contribution in [0.2, 0.25) is 0 Å². The molecule has 2 heterocycles. The summed E-state index contributed by atoms with van der Waals surface area (Å²) in [6.45, 7) is 8.05. The molecule has 1 aromatic carbocycles. The second-order valence-corrected chi connectivity index (χ2v) is 6.66. The lowest BCUT2D eigenvalue weighted by Gasteiger charge is -2.31. The second kappa shape index (κ2) is 7.59. The smallest absolute Gasteiger partial charge is 0.153 e. The lowest BCUT2D eigenvalue weighted by atomic mass is 9.99. The van der Waals surface area contributed by atoms with Crippen LogP contribution in [0.25, 0.3) is 0 Å². The minimum Gasteiger partial charge on any atom is -0.493 e. The first-order valence-corrected chi connectivity index (χ1v) is 8.52. The number of hydrogen-bond acceptors (Lipinski definition) is 4. The monoisotopic (exact) mass is 314 g/mol. The number of aromatic amines is 1. The largest absolute Gasteiger partial charge is 0.493 e. The zero-order valence-corrected chi connectivity index (χ0v) is 14.0. The summed E-state index contributed by atoms with van der Waals surface area (Å²) in [7, 11) is 0. The summed E-state index contributed by atoms with van der Waals surface area (Å²) < 4.78 is 5.92. The number of para-hydroxylation sites is 1. The van der Waals surface area contributed by atoms with Gasteiger partial charge in [-0.1, -0.05) is 32.0 Å². The molecule has 0 radical (unpaired) electrons. The molecule has 0 bridgehead atoms. The Morgan fingerprint density at radius 1 is 1.30 bits per heavy atom. The molecular formula is C18H26N4O. The molecule has 1 saturated heterocycles. The molecule has 2 aromatic rings. The van der Waals surface area contributed by atoms with E-state index in [1.807, 2.05) is 30.3 Å². The van der Waals surface area contributed by atoms with Crippen molar-refractivity contribution >= 4 is 0 Å². The Morgan fingerprint density at radius 2 is 2.13 bits per heavy atom. The average Bonchev–Trinajstić information content (AvgIpc) is 3.03. The van der Waals surface area contributed by atoms with Crippen LogP contribution in [0, 0.1) is 5.92 Å². The molecular weight excluding hydrogens is 288 g/mol. The third-order valence-corrected chi connectivity index (χ3v) is 4.27. The highest BCUT2D eigenvalue weighted by molar-refractivity contribution is 5.20. The van der Waals surface area contributed by atoms with Gasteiger partial charge in [0.05, 0.1) is 13.2 Å². The third kappa shape index (κ3) is 4.55. The van der Waals surface area contributed by atoms with Crippen LogP contribution in [0.1, 0.15) is 44.3 Å². The Kier molecular flexibility index (Phi) is 5.28. The molecule has 0 unspecified atom stereocenters. The quantitative estimate of drug-likeness (QED) is 0.889. The van der Waals surface area contributed by atoms with Crippen molar-refractivity contribution < 1.29 is 4.74 Å². The first kappa shape index (κ1) is 16.0. The highest BCUT2D eigenvalue weighted by Crippen LogP contribution is 2.20. The van der Waals surface area contributed by atoms with Crippen LogP contribution in [0.4, 0.5) is 0 Å². The fourth-order valence-electron chi connectivity index (χ4n) is 3.01. The van der Waals surface area contributed by atoms with Crippen LogP contribution in [-0.2, 0) is 6.54 Å². The SMILES string of the molecule is CC(C)c1n[nH]c(CN2CCC[C@@H](COc3ccccc3)C2)n1. The summed E-state index contributed by atoms with van der Waals surface area (Å²) in [4.78, 5) is 7.03. The minimum absolute atomic E-state index is 0.369. The van der Waals surface area contributed by atoms with E-state index in [4.69, 9.17) is 4.74 Å². The third-order valence-electron chi connectivity index (χ3n) is 4.27. The fraction of sp³-hybridized carbons (Fsp3) is 0.556. The number of nitrogens with zero attached hydrogens (tertiary/aromatic N) is 3. The van der Waals surface area contributed by atoms with Gasteiger partial charge >= 0.3 is 0 Å². The van der Waals surface area contributed by atoms with E-state index in [1.54, 1.807) is 0 Å². The highest BCUT2D eigenvalue weighted by atomic mass is 16.5. The molecule has 23 heavy (non-hydrogen) atoms. The van der Waals surface area contributed by atoms with Gasteiger partial charge in [-0.2, -0.15) is 5.10 Å². The number of hydrogen-bond donors (Lipinski definition) is 1. The molecule has 5 nitrogen and oxygen atoms in total. The molecule has 1 fully saturated rings. The summed E-state index contributed by atoms with van der Waals surface area (Å²) in [5.74, 6) is 3.78. The number of likely N-dealkylation sites (tertiary alicyclic amines) is 1. The van der Waals surface area contributed by atoms with E-state index in [9.17, 15) is 0 Å². The lowest BCUT2D eigenvalue weighted by Crippen LogP contribution is -2.37. The van der Waals surface area contributed by atoms with Crippen molar-refractivity contribution in [3.8, 4) is 5.75 Å². The van der Waals surface area contributed by atoms with E-state index < -0.39 is 0 Å². The Balaban J connectivity index is 1.49. The standard InChI is InChI=1S/C18H26N4O/c1-14(2)18-19-17(20-21-18)12-22-10-6-7-15(11-22)13-23-16-8-4-3-5-9-16/h3-5,8-9,14-15H,6-7,10-13H2,1-2H3,(H,19,20,21)/t15-/m1/s1. The lowest BCUT2D eigenvalue weighted by molar-refractivity contribution is 0.123. The average molecular weight is 314 g/mol.